The summed E-state index contributed by atoms with van der Waals surface area (Å²) in [6.07, 6.45) is 4.36. The average molecular weight is 196 g/mol. The van der Waals surface area contributed by atoms with Gasteiger partial charge in [0.25, 0.3) is 0 Å². The summed E-state index contributed by atoms with van der Waals surface area (Å²) in [6.45, 7) is 5.24. The Morgan fingerprint density at radius 3 is 2.71 bits per heavy atom. The monoisotopic (exact) mass is 196 g/mol. The van der Waals surface area contributed by atoms with Crippen molar-refractivity contribution in [2.45, 2.75) is 43.9 Å². The van der Waals surface area contributed by atoms with Crippen molar-refractivity contribution in [3.05, 3.63) is 0 Å². The molecule has 0 spiro atoms. The highest BCUT2D eigenvalue weighted by molar-refractivity contribution is 5.08. The molecule has 0 amide bonds. The van der Waals surface area contributed by atoms with E-state index in [0.29, 0.717) is 17.7 Å². The second-order valence-corrected chi connectivity index (χ2v) is 5.44. The number of morpholine rings is 1. The lowest BCUT2D eigenvalue weighted by atomic mass is 9.67. The van der Waals surface area contributed by atoms with Gasteiger partial charge in [-0.3, -0.25) is 4.90 Å². The highest BCUT2D eigenvalue weighted by Crippen LogP contribution is 2.46. The van der Waals surface area contributed by atoms with E-state index >= 15 is 0 Å². The van der Waals surface area contributed by atoms with E-state index in [1.165, 1.54) is 19.3 Å². The quantitative estimate of drug-likeness (QED) is 0.702. The summed E-state index contributed by atoms with van der Waals surface area (Å²) in [4.78, 5) is 2.65. The first-order chi connectivity index (χ1) is 6.73. The van der Waals surface area contributed by atoms with Crippen LogP contribution in [0.15, 0.2) is 0 Å². The summed E-state index contributed by atoms with van der Waals surface area (Å²) in [7, 11) is 0. The summed E-state index contributed by atoms with van der Waals surface area (Å²) in [5.74, 6) is 0.874. The smallest absolute Gasteiger partial charge is 0.0718 e. The molecule has 3 heteroatoms. The molecule has 3 fully saturated rings. The lowest BCUT2D eigenvalue weighted by Gasteiger charge is -2.54. The van der Waals surface area contributed by atoms with Crippen LogP contribution >= 0.6 is 0 Å². The Morgan fingerprint density at radius 1 is 1.50 bits per heavy atom. The summed E-state index contributed by atoms with van der Waals surface area (Å²) in [6, 6.07) is 0.677. The molecule has 0 aromatic carbocycles. The minimum atomic E-state index is 0.350. The van der Waals surface area contributed by atoms with E-state index in [1.807, 2.05) is 0 Å². The fourth-order valence-electron chi connectivity index (χ4n) is 3.74. The molecule has 80 valence electrons. The van der Waals surface area contributed by atoms with Crippen LogP contribution in [0.5, 0.6) is 0 Å². The van der Waals surface area contributed by atoms with Gasteiger partial charge in [-0.2, -0.15) is 0 Å². The number of hydrogen-bond donors (Lipinski definition) is 1. The first-order valence-electron chi connectivity index (χ1n) is 5.82. The Kier molecular flexibility index (Phi) is 1.92. The van der Waals surface area contributed by atoms with Crippen molar-refractivity contribution in [1.82, 2.24) is 4.90 Å². The summed E-state index contributed by atoms with van der Waals surface area (Å²) >= 11 is 0. The molecule has 2 N–H and O–H groups in total. The number of rotatable bonds is 2. The Hall–Kier alpha value is -0.120. The Balaban J connectivity index is 1.75. The summed E-state index contributed by atoms with van der Waals surface area (Å²) < 4.78 is 5.63. The zero-order valence-electron chi connectivity index (χ0n) is 8.91. The van der Waals surface area contributed by atoms with Gasteiger partial charge in [0.05, 0.1) is 12.7 Å². The maximum atomic E-state index is 5.96. The van der Waals surface area contributed by atoms with Crippen molar-refractivity contribution in [2.75, 3.05) is 19.7 Å². The molecular weight excluding hydrogens is 176 g/mol. The Bertz CT molecular complexity index is 237. The van der Waals surface area contributed by atoms with Gasteiger partial charge < -0.3 is 10.5 Å². The van der Waals surface area contributed by atoms with Gasteiger partial charge in [0.2, 0.25) is 0 Å². The lowest BCUT2D eigenvalue weighted by Crippen LogP contribution is -2.64. The fraction of sp³-hybridized carbons (Fsp3) is 1.00. The van der Waals surface area contributed by atoms with Crippen LogP contribution < -0.4 is 5.73 Å². The predicted molar refractivity (Wildman–Crippen MR) is 55.0 cm³/mol. The zero-order chi connectivity index (χ0) is 9.76. The van der Waals surface area contributed by atoms with E-state index in [4.69, 9.17) is 10.5 Å². The Labute approximate surface area is 85.6 Å². The van der Waals surface area contributed by atoms with Crippen LogP contribution in [0.25, 0.3) is 0 Å². The molecule has 2 bridgehead atoms. The highest BCUT2D eigenvalue weighted by atomic mass is 16.5. The van der Waals surface area contributed by atoms with Crippen LogP contribution in [0.2, 0.25) is 0 Å². The molecule has 0 aromatic rings. The highest BCUT2D eigenvalue weighted by Gasteiger charge is 2.53. The molecule has 3 rings (SSSR count). The van der Waals surface area contributed by atoms with Crippen LogP contribution in [0.3, 0.4) is 0 Å². The van der Waals surface area contributed by atoms with Crippen molar-refractivity contribution in [2.24, 2.45) is 11.7 Å². The van der Waals surface area contributed by atoms with Gasteiger partial charge in [-0.05, 0) is 25.2 Å². The molecule has 0 radical (unpaired) electrons. The third-order valence-electron chi connectivity index (χ3n) is 4.35. The van der Waals surface area contributed by atoms with E-state index < -0.39 is 0 Å². The van der Waals surface area contributed by atoms with Gasteiger partial charge in [0.1, 0.15) is 0 Å². The standard InChI is InChI=1S/C11H20N2O/c1-8-3-11(4-8,7-12)13-5-10-2-9(13)6-14-10/h8-10H,2-7,12H2,1H3. The van der Waals surface area contributed by atoms with E-state index in [9.17, 15) is 0 Å². The number of fused-ring (bicyclic) bond motifs is 2. The van der Waals surface area contributed by atoms with Crippen LogP contribution in [0.4, 0.5) is 0 Å². The predicted octanol–water partition coefficient (Wildman–Crippen LogP) is 0.587. The zero-order valence-corrected chi connectivity index (χ0v) is 8.91. The first kappa shape index (κ1) is 9.13. The van der Waals surface area contributed by atoms with Gasteiger partial charge in [-0.1, -0.05) is 6.92 Å². The second-order valence-electron chi connectivity index (χ2n) is 5.44. The number of nitrogens with zero attached hydrogens (tertiary/aromatic N) is 1. The molecule has 2 unspecified atom stereocenters. The van der Waals surface area contributed by atoms with Crippen molar-refractivity contribution >= 4 is 0 Å². The van der Waals surface area contributed by atoms with Crippen LogP contribution in [-0.2, 0) is 4.74 Å². The van der Waals surface area contributed by atoms with E-state index in [1.54, 1.807) is 0 Å². The molecule has 1 saturated carbocycles. The van der Waals surface area contributed by atoms with Crippen molar-refractivity contribution < 1.29 is 4.74 Å². The van der Waals surface area contributed by atoms with Gasteiger partial charge in [-0.15, -0.1) is 0 Å². The molecule has 2 heterocycles. The van der Waals surface area contributed by atoms with Crippen LogP contribution in [-0.4, -0.2) is 42.3 Å². The molecular formula is C11H20N2O. The first-order valence-corrected chi connectivity index (χ1v) is 5.82. The topological polar surface area (TPSA) is 38.5 Å². The van der Waals surface area contributed by atoms with E-state index in [2.05, 4.69) is 11.8 Å². The van der Waals surface area contributed by atoms with Crippen LogP contribution in [0, 0.1) is 5.92 Å². The number of nitrogens with two attached hydrogens (primary N) is 1. The van der Waals surface area contributed by atoms with Crippen molar-refractivity contribution in [3.63, 3.8) is 0 Å². The van der Waals surface area contributed by atoms with Crippen LogP contribution in [0.1, 0.15) is 26.2 Å². The number of hydrogen-bond acceptors (Lipinski definition) is 3. The van der Waals surface area contributed by atoms with Gasteiger partial charge in [0.15, 0.2) is 0 Å². The second kappa shape index (κ2) is 2.94. The Morgan fingerprint density at radius 2 is 2.29 bits per heavy atom. The molecule has 14 heavy (non-hydrogen) atoms. The molecule has 0 aromatic heterocycles. The molecule has 2 aliphatic heterocycles. The minimum absolute atomic E-state index is 0.350. The average Bonchev–Trinajstić information content (AvgIpc) is 2.73. The van der Waals surface area contributed by atoms with E-state index in [-0.39, 0.29) is 0 Å². The van der Waals surface area contributed by atoms with Gasteiger partial charge in [0, 0.05) is 24.7 Å². The molecule has 3 nitrogen and oxygen atoms in total. The number of ether oxygens (including phenoxy) is 1. The SMILES string of the molecule is CC1CC(CN)(N2CC3CC2CO3)C1. The third-order valence-corrected chi connectivity index (χ3v) is 4.35. The normalized spacial score (nSPS) is 52.3. The van der Waals surface area contributed by atoms with Crippen molar-refractivity contribution in [3.8, 4) is 0 Å². The van der Waals surface area contributed by atoms with Gasteiger partial charge in [-0.25, -0.2) is 0 Å². The van der Waals surface area contributed by atoms with E-state index in [0.717, 1.165) is 25.6 Å². The number of likely N-dealkylation sites (tertiary alicyclic amines) is 1. The molecule has 2 saturated heterocycles. The summed E-state index contributed by atoms with van der Waals surface area (Å²) in [5.41, 5.74) is 6.31. The largest absolute Gasteiger partial charge is 0.375 e. The lowest BCUT2D eigenvalue weighted by molar-refractivity contribution is -0.0729. The maximum Gasteiger partial charge on any atom is 0.0718 e. The molecule has 3 aliphatic rings. The fourth-order valence-corrected chi connectivity index (χ4v) is 3.74. The molecule has 1 aliphatic carbocycles. The van der Waals surface area contributed by atoms with Gasteiger partial charge >= 0.3 is 0 Å². The van der Waals surface area contributed by atoms with Crippen molar-refractivity contribution in [1.29, 1.82) is 0 Å². The molecule has 2 atom stereocenters. The maximum absolute atomic E-state index is 5.96. The third kappa shape index (κ3) is 1.09. The summed E-state index contributed by atoms with van der Waals surface area (Å²) in [5, 5.41) is 0. The minimum Gasteiger partial charge on any atom is -0.375 e.